The number of hydrogen-bond donors (Lipinski definition) is 3. The van der Waals surface area contributed by atoms with E-state index in [1.165, 1.54) is 18.2 Å². The number of carboxylic acids is 1. The van der Waals surface area contributed by atoms with Crippen LogP contribution < -0.4 is 5.32 Å². The summed E-state index contributed by atoms with van der Waals surface area (Å²) in [5.74, 6) is -1.74. The zero-order valence-electron chi connectivity index (χ0n) is 14.9. The number of H-pyrrole nitrogens is 1. The van der Waals surface area contributed by atoms with E-state index in [2.05, 4.69) is 15.3 Å². The third-order valence-corrected chi connectivity index (χ3v) is 4.68. The highest BCUT2D eigenvalue weighted by Crippen LogP contribution is 2.19. The summed E-state index contributed by atoms with van der Waals surface area (Å²) < 4.78 is 15.0. The lowest BCUT2D eigenvalue weighted by atomic mass is 10.2. The highest BCUT2D eigenvalue weighted by Gasteiger charge is 2.24. The van der Waals surface area contributed by atoms with E-state index in [1.54, 1.807) is 17.7 Å². The molecular weight excluding hydrogens is 363 g/mol. The minimum Gasteiger partial charge on any atom is -0.480 e. The molecule has 1 amide bonds. The highest BCUT2D eigenvalue weighted by atomic mass is 19.1. The van der Waals surface area contributed by atoms with Gasteiger partial charge in [0.15, 0.2) is 0 Å². The van der Waals surface area contributed by atoms with E-state index >= 15 is 0 Å². The quantitative estimate of drug-likeness (QED) is 0.495. The van der Waals surface area contributed by atoms with Crippen molar-refractivity contribution in [2.45, 2.75) is 12.5 Å². The molecule has 4 rings (SSSR count). The van der Waals surface area contributed by atoms with Crippen LogP contribution in [-0.4, -0.2) is 37.6 Å². The van der Waals surface area contributed by atoms with Gasteiger partial charge in [0.1, 0.15) is 23.4 Å². The highest BCUT2D eigenvalue weighted by molar-refractivity contribution is 6.00. The van der Waals surface area contributed by atoms with Crippen LogP contribution in [0.1, 0.15) is 16.3 Å². The van der Waals surface area contributed by atoms with Gasteiger partial charge in [0.2, 0.25) is 0 Å². The van der Waals surface area contributed by atoms with Gasteiger partial charge in [-0.15, -0.1) is 0 Å². The topological polar surface area (TPSA) is 100 Å². The summed E-state index contributed by atoms with van der Waals surface area (Å²) in [6, 6.07) is 12.1. The van der Waals surface area contributed by atoms with Crippen LogP contribution in [0.2, 0.25) is 0 Å². The molecule has 0 radical (unpaired) electrons. The third-order valence-electron chi connectivity index (χ3n) is 4.68. The first-order valence-corrected chi connectivity index (χ1v) is 8.64. The summed E-state index contributed by atoms with van der Waals surface area (Å²) in [6.07, 6.45) is -0.0543. The number of nitrogens with one attached hydrogen (secondary N) is 2. The summed E-state index contributed by atoms with van der Waals surface area (Å²) >= 11 is 0. The molecule has 2 aromatic heterocycles. The molecule has 4 aromatic rings. The number of carboxylic acid groups (broad SMARTS) is 1. The van der Waals surface area contributed by atoms with Crippen molar-refractivity contribution in [3.05, 3.63) is 65.9 Å². The SMILES string of the molecule is Cn1c(C(=O)NC(Cc2nc3ccc(F)cc3[nH]2)C(=O)O)cc2ccccc21. The molecule has 142 valence electrons. The number of para-hydroxylation sites is 1. The number of imidazole rings is 1. The molecule has 0 aliphatic carbocycles. The maximum Gasteiger partial charge on any atom is 0.326 e. The Bertz CT molecular complexity index is 1210. The van der Waals surface area contributed by atoms with Crippen LogP contribution in [0.5, 0.6) is 0 Å². The molecule has 8 heteroatoms. The molecule has 1 atom stereocenters. The van der Waals surface area contributed by atoms with Crippen LogP contribution >= 0.6 is 0 Å². The average Bonchev–Trinajstić information content (AvgIpc) is 3.21. The predicted molar refractivity (Wildman–Crippen MR) is 102 cm³/mol. The Labute approximate surface area is 158 Å². The number of nitrogens with zero attached hydrogens (tertiary/aromatic N) is 2. The van der Waals surface area contributed by atoms with Crippen LogP contribution in [0.25, 0.3) is 21.9 Å². The second-order valence-corrected chi connectivity index (χ2v) is 6.56. The summed E-state index contributed by atoms with van der Waals surface area (Å²) in [5.41, 5.74) is 2.23. The number of halogens is 1. The fourth-order valence-corrected chi connectivity index (χ4v) is 3.26. The molecule has 0 bridgehead atoms. The van der Waals surface area contributed by atoms with Gasteiger partial charge >= 0.3 is 5.97 Å². The molecule has 0 spiro atoms. The molecule has 2 aromatic carbocycles. The van der Waals surface area contributed by atoms with Crippen molar-refractivity contribution in [3.63, 3.8) is 0 Å². The Morgan fingerprint density at radius 1 is 1.25 bits per heavy atom. The number of hydrogen-bond acceptors (Lipinski definition) is 3. The Morgan fingerprint density at radius 3 is 2.79 bits per heavy atom. The van der Waals surface area contributed by atoms with E-state index in [0.717, 1.165) is 10.9 Å². The second kappa shape index (κ2) is 6.80. The van der Waals surface area contributed by atoms with Gasteiger partial charge in [-0.25, -0.2) is 14.2 Å². The van der Waals surface area contributed by atoms with Gasteiger partial charge in [-0.05, 0) is 30.3 Å². The van der Waals surface area contributed by atoms with Crippen LogP contribution in [0, 0.1) is 5.82 Å². The van der Waals surface area contributed by atoms with E-state index < -0.39 is 23.7 Å². The number of carbonyl (C=O) groups excluding carboxylic acids is 1. The van der Waals surface area contributed by atoms with E-state index in [4.69, 9.17) is 0 Å². The van der Waals surface area contributed by atoms with Crippen molar-refractivity contribution in [3.8, 4) is 0 Å². The van der Waals surface area contributed by atoms with Gasteiger partial charge < -0.3 is 20.0 Å². The van der Waals surface area contributed by atoms with Gasteiger partial charge in [0, 0.05) is 24.4 Å². The summed E-state index contributed by atoms with van der Waals surface area (Å²) in [4.78, 5) is 31.5. The maximum atomic E-state index is 13.3. The lowest BCUT2D eigenvalue weighted by molar-refractivity contribution is -0.139. The first-order chi connectivity index (χ1) is 13.4. The van der Waals surface area contributed by atoms with Crippen LogP contribution in [0.3, 0.4) is 0 Å². The number of amides is 1. The molecular formula is C20H17FN4O3. The number of rotatable bonds is 5. The van der Waals surface area contributed by atoms with Crippen molar-refractivity contribution < 1.29 is 19.1 Å². The molecule has 7 nitrogen and oxygen atoms in total. The minimum atomic E-state index is -1.18. The monoisotopic (exact) mass is 380 g/mol. The van der Waals surface area contributed by atoms with Crippen LogP contribution in [0.4, 0.5) is 4.39 Å². The van der Waals surface area contributed by atoms with E-state index in [0.29, 0.717) is 22.6 Å². The fourth-order valence-electron chi connectivity index (χ4n) is 3.26. The predicted octanol–water partition coefficient (Wildman–Crippen LogP) is 2.62. The van der Waals surface area contributed by atoms with Gasteiger partial charge in [0.05, 0.1) is 11.0 Å². The van der Waals surface area contributed by atoms with Gasteiger partial charge in [-0.2, -0.15) is 0 Å². The zero-order chi connectivity index (χ0) is 19.8. The Morgan fingerprint density at radius 2 is 2.04 bits per heavy atom. The van der Waals surface area contributed by atoms with Crippen molar-refractivity contribution in [1.82, 2.24) is 19.9 Å². The van der Waals surface area contributed by atoms with Gasteiger partial charge in [0.25, 0.3) is 5.91 Å². The Hall–Kier alpha value is -3.68. The number of aromatic nitrogens is 3. The van der Waals surface area contributed by atoms with Gasteiger partial charge in [-0.1, -0.05) is 18.2 Å². The Kier molecular flexibility index (Phi) is 4.31. The van der Waals surface area contributed by atoms with Crippen molar-refractivity contribution in [2.24, 2.45) is 7.05 Å². The number of fused-ring (bicyclic) bond motifs is 2. The van der Waals surface area contributed by atoms with E-state index in [9.17, 15) is 19.1 Å². The summed E-state index contributed by atoms with van der Waals surface area (Å²) in [7, 11) is 1.75. The van der Waals surface area contributed by atoms with Crippen LogP contribution in [-0.2, 0) is 18.3 Å². The van der Waals surface area contributed by atoms with Crippen molar-refractivity contribution in [2.75, 3.05) is 0 Å². The number of aliphatic carboxylic acids is 1. The van der Waals surface area contributed by atoms with Crippen molar-refractivity contribution in [1.29, 1.82) is 0 Å². The number of benzene rings is 2. The molecule has 28 heavy (non-hydrogen) atoms. The number of aromatic amines is 1. The minimum absolute atomic E-state index is 0.0543. The fraction of sp³-hybridized carbons (Fsp3) is 0.150. The van der Waals surface area contributed by atoms with E-state index in [-0.39, 0.29) is 6.42 Å². The first-order valence-electron chi connectivity index (χ1n) is 8.64. The first kappa shape index (κ1) is 17.7. The molecule has 2 heterocycles. The molecule has 0 saturated heterocycles. The lowest BCUT2D eigenvalue weighted by Crippen LogP contribution is -2.43. The Balaban J connectivity index is 1.58. The molecule has 0 fully saturated rings. The van der Waals surface area contributed by atoms with E-state index in [1.807, 2.05) is 24.3 Å². The maximum absolute atomic E-state index is 13.3. The van der Waals surface area contributed by atoms with Crippen LogP contribution in [0.15, 0.2) is 48.5 Å². The molecule has 3 N–H and O–H groups in total. The average molecular weight is 380 g/mol. The molecule has 0 saturated carbocycles. The number of carbonyl (C=O) groups is 2. The second-order valence-electron chi connectivity index (χ2n) is 6.56. The molecule has 1 unspecified atom stereocenters. The third kappa shape index (κ3) is 3.20. The standard InChI is InChI=1S/C20H17FN4O3/c1-25-16-5-3-2-4-11(16)8-17(25)19(26)24-15(20(27)28)10-18-22-13-7-6-12(21)9-14(13)23-18/h2-9,15H,10H2,1H3,(H,22,23)(H,24,26)(H,27,28). The number of aryl methyl sites for hydroxylation is 1. The summed E-state index contributed by atoms with van der Waals surface area (Å²) in [5, 5.41) is 13.0. The normalized spacial score (nSPS) is 12.4. The molecule has 0 aliphatic rings. The van der Waals surface area contributed by atoms with Crippen molar-refractivity contribution >= 4 is 33.8 Å². The van der Waals surface area contributed by atoms with Gasteiger partial charge in [-0.3, -0.25) is 4.79 Å². The lowest BCUT2D eigenvalue weighted by Gasteiger charge is -2.13. The smallest absolute Gasteiger partial charge is 0.326 e. The largest absolute Gasteiger partial charge is 0.480 e. The molecule has 0 aliphatic heterocycles. The zero-order valence-corrected chi connectivity index (χ0v) is 14.9. The summed E-state index contributed by atoms with van der Waals surface area (Å²) in [6.45, 7) is 0.